The molecule has 0 saturated carbocycles. The van der Waals surface area contributed by atoms with Gasteiger partial charge in [0.2, 0.25) is 5.82 Å². The fraction of sp³-hybridized carbons (Fsp3) is 0.444. The number of benzene rings is 1. The zero-order valence-corrected chi connectivity index (χ0v) is 25.2. The third-order valence-corrected chi connectivity index (χ3v) is 5.39. The number of aromatic nitrogens is 3. The van der Waals surface area contributed by atoms with Crippen molar-refractivity contribution in [1.29, 1.82) is 0 Å². The minimum atomic E-state index is -0.876. The second-order valence-electron chi connectivity index (χ2n) is 11.7. The van der Waals surface area contributed by atoms with Crippen molar-refractivity contribution in [1.82, 2.24) is 14.6 Å². The van der Waals surface area contributed by atoms with E-state index in [0.717, 1.165) is 8.25 Å². The van der Waals surface area contributed by atoms with Crippen LogP contribution in [0.15, 0.2) is 24.3 Å². The number of nitrogen functional groups attached to an aromatic ring is 1. The topological polar surface area (TPSA) is 136 Å². The summed E-state index contributed by atoms with van der Waals surface area (Å²) < 4.78 is 18.6. The molecule has 0 atom stereocenters. The monoisotopic (exact) mass is 636 g/mol. The minimum absolute atomic E-state index is 0.0151. The molecule has 0 amide bonds. The maximum absolute atomic E-state index is 13.5. The van der Waals surface area contributed by atoms with Crippen LogP contribution in [-0.2, 0) is 14.2 Å². The SMILES string of the molecule is CC(C)(C)OC(=O)c1nc(C(=O)OC(C)(C)C)c2c(n1)c(-c1cccc(I)c1)c(C(=O)OC(C)(C)C)n2N. The first kappa shape index (κ1) is 29.3. The Kier molecular flexibility index (Phi) is 7.84. The van der Waals surface area contributed by atoms with E-state index < -0.39 is 34.7 Å². The van der Waals surface area contributed by atoms with Crippen molar-refractivity contribution in [2.75, 3.05) is 5.84 Å². The van der Waals surface area contributed by atoms with Crippen LogP contribution in [-0.4, -0.2) is 49.4 Å². The number of esters is 3. The van der Waals surface area contributed by atoms with Crippen LogP contribution in [0.3, 0.4) is 0 Å². The molecule has 2 N–H and O–H groups in total. The summed E-state index contributed by atoms with van der Waals surface area (Å²) >= 11 is 2.14. The zero-order chi connectivity index (χ0) is 28.8. The lowest BCUT2D eigenvalue weighted by Gasteiger charge is -2.21. The molecule has 0 aliphatic heterocycles. The Morgan fingerprint density at radius 1 is 0.816 bits per heavy atom. The first-order valence-electron chi connectivity index (χ1n) is 11.9. The van der Waals surface area contributed by atoms with Gasteiger partial charge in [-0.05, 0) is 103 Å². The quantitative estimate of drug-likeness (QED) is 0.176. The van der Waals surface area contributed by atoms with Crippen molar-refractivity contribution in [3.63, 3.8) is 0 Å². The second-order valence-corrected chi connectivity index (χ2v) is 12.9. The summed E-state index contributed by atoms with van der Waals surface area (Å²) in [5.41, 5.74) is -1.92. The Morgan fingerprint density at radius 2 is 1.34 bits per heavy atom. The fourth-order valence-corrected chi connectivity index (χ4v) is 4.07. The van der Waals surface area contributed by atoms with Crippen molar-refractivity contribution >= 4 is 51.5 Å². The van der Waals surface area contributed by atoms with E-state index in [4.69, 9.17) is 20.1 Å². The number of nitrogens with two attached hydrogens (primary N) is 1. The molecule has 0 radical (unpaired) electrons. The van der Waals surface area contributed by atoms with E-state index in [-0.39, 0.29) is 33.8 Å². The maximum atomic E-state index is 13.5. The molecule has 0 fully saturated rings. The van der Waals surface area contributed by atoms with Gasteiger partial charge in [-0.1, -0.05) is 12.1 Å². The second kappa shape index (κ2) is 10.2. The van der Waals surface area contributed by atoms with Crippen LogP contribution in [0, 0.1) is 3.57 Å². The van der Waals surface area contributed by atoms with Crippen LogP contribution < -0.4 is 5.84 Å². The van der Waals surface area contributed by atoms with Crippen LogP contribution in [0.1, 0.15) is 93.9 Å². The van der Waals surface area contributed by atoms with Crippen molar-refractivity contribution in [2.24, 2.45) is 0 Å². The van der Waals surface area contributed by atoms with Gasteiger partial charge in [-0.25, -0.2) is 24.4 Å². The van der Waals surface area contributed by atoms with Gasteiger partial charge in [-0.2, -0.15) is 0 Å². The molecule has 0 spiro atoms. The molecule has 11 heteroatoms. The summed E-state index contributed by atoms with van der Waals surface area (Å²) in [6.07, 6.45) is 0. The van der Waals surface area contributed by atoms with Gasteiger partial charge in [0.1, 0.15) is 27.8 Å². The van der Waals surface area contributed by atoms with E-state index in [1.807, 2.05) is 12.1 Å². The smallest absolute Gasteiger partial charge is 0.376 e. The average Bonchev–Trinajstić information content (AvgIpc) is 3.02. The van der Waals surface area contributed by atoms with Crippen molar-refractivity contribution in [3.8, 4) is 11.1 Å². The molecular weight excluding hydrogens is 603 g/mol. The Morgan fingerprint density at radius 3 is 1.87 bits per heavy atom. The molecular formula is C27H33IN4O6. The van der Waals surface area contributed by atoms with Crippen LogP contribution in [0.2, 0.25) is 0 Å². The van der Waals surface area contributed by atoms with Crippen molar-refractivity contribution < 1.29 is 28.6 Å². The lowest BCUT2D eigenvalue weighted by atomic mass is 10.0. The number of ether oxygens (including phenoxy) is 3. The highest BCUT2D eigenvalue weighted by Gasteiger charge is 2.34. The van der Waals surface area contributed by atoms with Gasteiger partial charge < -0.3 is 20.1 Å². The number of hydrogen-bond acceptors (Lipinski definition) is 9. The minimum Gasteiger partial charge on any atom is -0.455 e. The van der Waals surface area contributed by atoms with E-state index >= 15 is 0 Å². The lowest BCUT2D eigenvalue weighted by Crippen LogP contribution is -2.29. The summed E-state index contributed by atoms with van der Waals surface area (Å²) in [5, 5.41) is 0. The van der Waals surface area contributed by atoms with Crippen LogP contribution in [0.4, 0.5) is 0 Å². The number of carbonyl (C=O) groups is 3. The van der Waals surface area contributed by atoms with E-state index in [0.29, 0.717) is 5.56 Å². The molecule has 3 aromatic rings. The van der Waals surface area contributed by atoms with E-state index in [2.05, 4.69) is 32.6 Å². The predicted molar refractivity (Wildman–Crippen MR) is 151 cm³/mol. The summed E-state index contributed by atoms with van der Waals surface area (Å²) in [6.45, 7) is 15.4. The summed E-state index contributed by atoms with van der Waals surface area (Å²) in [4.78, 5) is 48.5. The molecule has 3 rings (SSSR count). The number of carbonyl (C=O) groups excluding carboxylic acids is 3. The van der Waals surface area contributed by atoms with E-state index in [1.165, 1.54) is 0 Å². The molecule has 0 saturated heterocycles. The maximum Gasteiger partial charge on any atom is 0.376 e. The first-order chi connectivity index (χ1) is 17.3. The Balaban J connectivity index is 2.47. The molecule has 0 bridgehead atoms. The van der Waals surface area contributed by atoms with Gasteiger partial charge in [0, 0.05) is 9.13 Å². The first-order valence-corrected chi connectivity index (χ1v) is 13.0. The molecule has 204 valence electrons. The fourth-order valence-electron chi connectivity index (χ4n) is 3.53. The summed E-state index contributed by atoms with van der Waals surface area (Å²) in [7, 11) is 0. The molecule has 10 nitrogen and oxygen atoms in total. The third kappa shape index (κ3) is 6.80. The van der Waals surface area contributed by atoms with Crippen LogP contribution in [0.25, 0.3) is 22.2 Å². The van der Waals surface area contributed by atoms with Crippen molar-refractivity contribution in [2.45, 2.75) is 79.1 Å². The number of rotatable bonds is 4. The zero-order valence-electron chi connectivity index (χ0n) is 23.1. The lowest BCUT2D eigenvalue weighted by molar-refractivity contribution is 0.00377. The highest BCUT2D eigenvalue weighted by Crippen LogP contribution is 2.36. The molecule has 38 heavy (non-hydrogen) atoms. The van der Waals surface area contributed by atoms with E-state index in [9.17, 15) is 14.4 Å². The van der Waals surface area contributed by atoms with Crippen LogP contribution >= 0.6 is 22.6 Å². The third-order valence-electron chi connectivity index (χ3n) is 4.72. The highest BCUT2D eigenvalue weighted by atomic mass is 127. The van der Waals surface area contributed by atoms with Gasteiger partial charge in [0.05, 0.1) is 0 Å². The molecule has 1 aromatic carbocycles. The molecule has 0 unspecified atom stereocenters. The van der Waals surface area contributed by atoms with Crippen molar-refractivity contribution in [3.05, 3.63) is 45.0 Å². The molecule has 2 aromatic heterocycles. The number of halogens is 1. The number of fused-ring (bicyclic) bond motifs is 1. The summed E-state index contributed by atoms with van der Waals surface area (Å²) in [5.74, 6) is 3.68. The van der Waals surface area contributed by atoms with Gasteiger partial charge in [0.25, 0.3) is 0 Å². The largest absolute Gasteiger partial charge is 0.455 e. The Labute approximate surface area is 235 Å². The van der Waals surface area contributed by atoms with Gasteiger partial charge >= 0.3 is 17.9 Å². The van der Waals surface area contributed by atoms with Gasteiger partial charge in [0.15, 0.2) is 11.4 Å². The van der Waals surface area contributed by atoms with Gasteiger partial charge in [-0.3, -0.25) is 4.68 Å². The molecule has 2 heterocycles. The summed E-state index contributed by atoms with van der Waals surface area (Å²) in [6, 6.07) is 7.28. The molecule has 0 aliphatic carbocycles. The number of hydrogen-bond donors (Lipinski definition) is 1. The normalized spacial score (nSPS) is 12.4. The van der Waals surface area contributed by atoms with Gasteiger partial charge in [-0.15, -0.1) is 0 Å². The highest BCUT2D eigenvalue weighted by molar-refractivity contribution is 14.1. The Hall–Kier alpha value is -3.22. The average molecular weight is 636 g/mol. The number of nitrogens with zero attached hydrogens (tertiary/aromatic N) is 3. The van der Waals surface area contributed by atoms with Crippen LogP contribution in [0.5, 0.6) is 0 Å². The molecule has 0 aliphatic rings. The predicted octanol–water partition coefficient (Wildman–Crippen LogP) is 5.28. The Bertz CT molecular complexity index is 1420. The standard InChI is InChI=1S/C27H33IN4O6/c1-25(2,3)36-22(33)18-20-17(30-21(31-18)24(35)38-27(7,8)9)16(14-11-10-12-15(28)13-14)19(32(20)29)23(34)37-26(4,5)6/h10-13H,29H2,1-9H3. The van der Waals surface area contributed by atoms with E-state index in [1.54, 1.807) is 74.4 Å².